The summed E-state index contributed by atoms with van der Waals surface area (Å²) < 4.78 is 1.83. The summed E-state index contributed by atoms with van der Waals surface area (Å²) in [6.45, 7) is 2.85. The predicted molar refractivity (Wildman–Crippen MR) is 73.0 cm³/mol. The molecule has 100 valence electrons. The van der Waals surface area contributed by atoms with Gasteiger partial charge in [-0.3, -0.25) is 9.48 Å². The zero-order valence-electron chi connectivity index (χ0n) is 11.1. The Morgan fingerprint density at radius 1 is 1.32 bits per heavy atom. The van der Waals surface area contributed by atoms with Crippen LogP contribution in [0.2, 0.25) is 0 Å². The normalized spacial score (nSPS) is 15.0. The second kappa shape index (κ2) is 4.99. The van der Waals surface area contributed by atoms with E-state index in [4.69, 9.17) is 0 Å². The molecule has 1 aliphatic rings. The topological polar surface area (TPSA) is 63.6 Å². The molecule has 0 amide bonds. The van der Waals surface area contributed by atoms with E-state index >= 15 is 0 Å². The summed E-state index contributed by atoms with van der Waals surface area (Å²) in [5, 5.41) is 4.23. The van der Waals surface area contributed by atoms with Gasteiger partial charge in [0.2, 0.25) is 0 Å². The number of rotatable bonds is 2. The van der Waals surface area contributed by atoms with Gasteiger partial charge in [-0.25, -0.2) is 4.98 Å². The number of aromatic amines is 1. The van der Waals surface area contributed by atoms with Crippen molar-refractivity contribution in [2.45, 2.75) is 45.6 Å². The van der Waals surface area contributed by atoms with Gasteiger partial charge in [-0.2, -0.15) is 5.10 Å². The van der Waals surface area contributed by atoms with E-state index in [1.807, 2.05) is 17.8 Å². The average molecular weight is 258 g/mol. The summed E-state index contributed by atoms with van der Waals surface area (Å²) in [6.07, 6.45) is 8.83. The summed E-state index contributed by atoms with van der Waals surface area (Å²) >= 11 is 0. The van der Waals surface area contributed by atoms with E-state index in [1.54, 1.807) is 6.20 Å². The highest BCUT2D eigenvalue weighted by Gasteiger charge is 2.15. The van der Waals surface area contributed by atoms with Crippen LogP contribution in [0.15, 0.2) is 17.2 Å². The SMILES string of the molecule is CCn1cc(-c2nc3c(c(=O)[nH]2)CCCCC3)cn1. The Hall–Kier alpha value is -1.91. The van der Waals surface area contributed by atoms with Gasteiger partial charge in [0.15, 0.2) is 0 Å². The first kappa shape index (κ1) is 12.1. The number of nitrogens with zero attached hydrogens (tertiary/aromatic N) is 3. The quantitative estimate of drug-likeness (QED) is 0.837. The zero-order valence-corrected chi connectivity index (χ0v) is 11.1. The molecule has 0 unspecified atom stereocenters. The molecule has 0 atom stereocenters. The number of nitrogens with one attached hydrogen (secondary N) is 1. The molecule has 1 aliphatic carbocycles. The van der Waals surface area contributed by atoms with Crippen LogP contribution in [0.4, 0.5) is 0 Å². The van der Waals surface area contributed by atoms with E-state index in [1.165, 1.54) is 6.42 Å². The largest absolute Gasteiger partial charge is 0.306 e. The van der Waals surface area contributed by atoms with Gasteiger partial charge in [-0.05, 0) is 32.6 Å². The van der Waals surface area contributed by atoms with Crippen LogP contribution in [0.1, 0.15) is 37.4 Å². The third-order valence-corrected chi connectivity index (χ3v) is 3.67. The highest BCUT2D eigenvalue weighted by Crippen LogP contribution is 2.19. The fraction of sp³-hybridized carbons (Fsp3) is 0.500. The maximum Gasteiger partial charge on any atom is 0.254 e. The molecule has 2 aromatic rings. The van der Waals surface area contributed by atoms with Crippen LogP contribution in [0.5, 0.6) is 0 Å². The molecule has 2 aromatic heterocycles. The van der Waals surface area contributed by atoms with Crippen LogP contribution < -0.4 is 5.56 Å². The van der Waals surface area contributed by atoms with E-state index in [9.17, 15) is 4.79 Å². The van der Waals surface area contributed by atoms with Crippen LogP contribution in [0.3, 0.4) is 0 Å². The zero-order chi connectivity index (χ0) is 13.2. The van der Waals surface area contributed by atoms with Crippen LogP contribution >= 0.6 is 0 Å². The minimum absolute atomic E-state index is 0.0196. The number of H-pyrrole nitrogens is 1. The molecule has 0 bridgehead atoms. The van der Waals surface area contributed by atoms with E-state index in [0.717, 1.165) is 49.0 Å². The van der Waals surface area contributed by atoms with E-state index in [2.05, 4.69) is 15.1 Å². The Bertz CT molecular complexity index is 641. The van der Waals surface area contributed by atoms with Gasteiger partial charge in [0.25, 0.3) is 5.56 Å². The fourth-order valence-corrected chi connectivity index (χ4v) is 2.58. The molecule has 0 radical (unpaired) electrons. The molecule has 0 fully saturated rings. The molecule has 0 spiro atoms. The van der Waals surface area contributed by atoms with Crippen molar-refractivity contribution in [3.05, 3.63) is 34.0 Å². The van der Waals surface area contributed by atoms with Crippen molar-refractivity contribution < 1.29 is 0 Å². The number of aryl methyl sites for hydroxylation is 2. The number of fused-ring (bicyclic) bond motifs is 1. The molecule has 3 rings (SSSR count). The van der Waals surface area contributed by atoms with E-state index in [0.29, 0.717) is 5.82 Å². The molecular formula is C14H18N4O. The minimum Gasteiger partial charge on any atom is -0.306 e. The Balaban J connectivity index is 2.06. The van der Waals surface area contributed by atoms with Gasteiger partial charge in [0.1, 0.15) is 5.82 Å². The molecule has 0 aliphatic heterocycles. The summed E-state index contributed by atoms with van der Waals surface area (Å²) in [5.74, 6) is 0.644. The fourth-order valence-electron chi connectivity index (χ4n) is 2.58. The molecule has 2 heterocycles. The van der Waals surface area contributed by atoms with E-state index < -0.39 is 0 Å². The molecule has 5 heteroatoms. The third kappa shape index (κ3) is 2.32. The van der Waals surface area contributed by atoms with Crippen molar-refractivity contribution in [2.75, 3.05) is 0 Å². The number of hydrogen-bond donors (Lipinski definition) is 1. The van der Waals surface area contributed by atoms with Crippen molar-refractivity contribution >= 4 is 0 Å². The van der Waals surface area contributed by atoms with Crippen LogP contribution in [0.25, 0.3) is 11.4 Å². The van der Waals surface area contributed by atoms with Crippen LogP contribution in [0, 0.1) is 0 Å². The molecule has 19 heavy (non-hydrogen) atoms. The first-order valence-corrected chi connectivity index (χ1v) is 6.93. The van der Waals surface area contributed by atoms with Crippen LogP contribution in [-0.2, 0) is 19.4 Å². The summed E-state index contributed by atoms with van der Waals surface area (Å²) in [4.78, 5) is 19.7. The Kier molecular flexibility index (Phi) is 3.19. The highest BCUT2D eigenvalue weighted by atomic mass is 16.1. The summed E-state index contributed by atoms with van der Waals surface area (Å²) in [6, 6.07) is 0. The average Bonchev–Trinajstić information content (AvgIpc) is 2.77. The Morgan fingerprint density at radius 2 is 2.16 bits per heavy atom. The second-order valence-electron chi connectivity index (χ2n) is 4.99. The molecule has 0 saturated heterocycles. The third-order valence-electron chi connectivity index (χ3n) is 3.67. The maximum absolute atomic E-state index is 12.2. The van der Waals surface area contributed by atoms with Crippen molar-refractivity contribution in [1.82, 2.24) is 19.7 Å². The second-order valence-corrected chi connectivity index (χ2v) is 4.99. The first-order valence-electron chi connectivity index (χ1n) is 6.93. The summed E-state index contributed by atoms with van der Waals surface area (Å²) in [5.41, 5.74) is 2.75. The van der Waals surface area contributed by atoms with Crippen molar-refractivity contribution in [3.8, 4) is 11.4 Å². The smallest absolute Gasteiger partial charge is 0.254 e. The van der Waals surface area contributed by atoms with Gasteiger partial charge in [-0.1, -0.05) is 6.42 Å². The van der Waals surface area contributed by atoms with Gasteiger partial charge in [-0.15, -0.1) is 0 Å². The Morgan fingerprint density at radius 3 is 2.95 bits per heavy atom. The molecule has 0 saturated carbocycles. The standard InChI is InChI=1S/C14H18N4O/c1-2-18-9-10(8-15-18)13-16-12-7-5-3-4-6-11(12)14(19)17-13/h8-9H,2-7H2,1H3,(H,16,17,19). The van der Waals surface area contributed by atoms with Crippen LogP contribution in [-0.4, -0.2) is 19.7 Å². The minimum atomic E-state index is 0.0196. The molecular weight excluding hydrogens is 240 g/mol. The van der Waals surface area contributed by atoms with Crippen molar-refractivity contribution in [1.29, 1.82) is 0 Å². The van der Waals surface area contributed by atoms with Gasteiger partial charge < -0.3 is 4.98 Å². The summed E-state index contributed by atoms with van der Waals surface area (Å²) in [7, 11) is 0. The molecule has 1 N–H and O–H groups in total. The lowest BCUT2D eigenvalue weighted by molar-refractivity contribution is 0.660. The van der Waals surface area contributed by atoms with Gasteiger partial charge in [0.05, 0.1) is 17.5 Å². The van der Waals surface area contributed by atoms with E-state index in [-0.39, 0.29) is 5.56 Å². The number of hydrogen-bond acceptors (Lipinski definition) is 3. The molecule has 0 aromatic carbocycles. The van der Waals surface area contributed by atoms with Gasteiger partial charge in [0, 0.05) is 18.3 Å². The lowest BCUT2D eigenvalue weighted by atomic mass is 10.1. The lowest BCUT2D eigenvalue weighted by Gasteiger charge is -2.05. The first-order chi connectivity index (χ1) is 9.28. The maximum atomic E-state index is 12.2. The van der Waals surface area contributed by atoms with Gasteiger partial charge >= 0.3 is 0 Å². The van der Waals surface area contributed by atoms with Crippen molar-refractivity contribution in [2.24, 2.45) is 0 Å². The van der Waals surface area contributed by atoms with Crippen molar-refractivity contribution in [3.63, 3.8) is 0 Å². The molecule has 5 nitrogen and oxygen atoms in total. The lowest BCUT2D eigenvalue weighted by Crippen LogP contribution is -2.18. The Labute approximate surface area is 111 Å². The predicted octanol–water partition coefficient (Wildman–Crippen LogP) is 1.92. The highest BCUT2D eigenvalue weighted by molar-refractivity contribution is 5.52. The number of aromatic nitrogens is 4. The monoisotopic (exact) mass is 258 g/mol.